The molecular formula is C8H4ClFN2O. The van der Waals surface area contributed by atoms with Crippen molar-refractivity contribution in [2.45, 2.75) is 0 Å². The SMILES string of the molecule is Fc1ccc(Cl)cc1-c1nnco1. The highest BCUT2D eigenvalue weighted by molar-refractivity contribution is 6.30. The molecule has 0 spiro atoms. The maximum absolute atomic E-state index is 13.1. The van der Waals surface area contributed by atoms with Crippen LogP contribution in [0.1, 0.15) is 0 Å². The number of hydrogen-bond acceptors (Lipinski definition) is 3. The predicted octanol–water partition coefficient (Wildman–Crippen LogP) is 2.53. The van der Waals surface area contributed by atoms with Gasteiger partial charge in [0.05, 0.1) is 5.56 Å². The summed E-state index contributed by atoms with van der Waals surface area (Å²) in [7, 11) is 0. The van der Waals surface area contributed by atoms with Gasteiger partial charge in [-0.25, -0.2) is 4.39 Å². The third-order valence-corrected chi connectivity index (χ3v) is 1.75. The molecule has 0 N–H and O–H groups in total. The average Bonchev–Trinajstić information content (AvgIpc) is 2.61. The zero-order chi connectivity index (χ0) is 9.26. The molecule has 2 rings (SSSR count). The van der Waals surface area contributed by atoms with Gasteiger partial charge in [-0.1, -0.05) is 11.6 Å². The Morgan fingerprint density at radius 3 is 2.92 bits per heavy atom. The Hall–Kier alpha value is -1.42. The molecule has 0 atom stereocenters. The summed E-state index contributed by atoms with van der Waals surface area (Å²) >= 11 is 5.68. The van der Waals surface area contributed by atoms with Gasteiger partial charge in [0.1, 0.15) is 5.82 Å². The van der Waals surface area contributed by atoms with Crippen LogP contribution >= 0.6 is 11.6 Å². The van der Waals surface area contributed by atoms with Gasteiger partial charge in [-0.15, -0.1) is 10.2 Å². The van der Waals surface area contributed by atoms with E-state index in [0.717, 1.165) is 6.39 Å². The van der Waals surface area contributed by atoms with Crippen molar-refractivity contribution in [3.8, 4) is 11.5 Å². The summed E-state index contributed by atoms with van der Waals surface area (Å²) < 4.78 is 18.0. The van der Waals surface area contributed by atoms with Crippen LogP contribution in [0, 0.1) is 5.82 Å². The Morgan fingerprint density at radius 1 is 1.38 bits per heavy atom. The Bertz CT molecular complexity index is 416. The second-order valence-electron chi connectivity index (χ2n) is 2.37. The van der Waals surface area contributed by atoms with Crippen molar-refractivity contribution < 1.29 is 8.81 Å². The standard InChI is InChI=1S/C8H4ClFN2O/c9-5-1-2-7(10)6(3-5)8-12-11-4-13-8/h1-4H. The van der Waals surface area contributed by atoms with E-state index in [1.54, 1.807) is 0 Å². The smallest absolute Gasteiger partial charge is 0.250 e. The van der Waals surface area contributed by atoms with Crippen LogP contribution in [0.5, 0.6) is 0 Å². The summed E-state index contributed by atoms with van der Waals surface area (Å²) in [5, 5.41) is 7.44. The van der Waals surface area contributed by atoms with Gasteiger partial charge in [0.15, 0.2) is 0 Å². The third kappa shape index (κ3) is 1.53. The molecular weight excluding hydrogens is 195 g/mol. The van der Waals surface area contributed by atoms with Crippen LogP contribution in [0.15, 0.2) is 29.0 Å². The van der Waals surface area contributed by atoms with Crippen molar-refractivity contribution in [3.63, 3.8) is 0 Å². The molecule has 3 nitrogen and oxygen atoms in total. The van der Waals surface area contributed by atoms with Crippen LogP contribution in [0.25, 0.3) is 11.5 Å². The first-order valence-corrected chi connectivity index (χ1v) is 3.87. The zero-order valence-electron chi connectivity index (χ0n) is 6.37. The highest BCUT2D eigenvalue weighted by atomic mass is 35.5. The second kappa shape index (κ2) is 3.14. The van der Waals surface area contributed by atoms with Crippen molar-refractivity contribution in [2.75, 3.05) is 0 Å². The molecule has 0 bridgehead atoms. The molecule has 0 saturated heterocycles. The lowest BCUT2D eigenvalue weighted by Crippen LogP contribution is -1.84. The van der Waals surface area contributed by atoms with Gasteiger partial charge >= 0.3 is 0 Å². The van der Waals surface area contributed by atoms with E-state index in [1.807, 2.05) is 0 Å². The van der Waals surface area contributed by atoms with E-state index in [4.69, 9.17) is 16.0 Å². The van der Waals surface area contributed by atoms with Crippen LogP contribution < -0.4 is 0 Å². The minimum Gasteiger partial charge on any atom is -0.423 e. The molecule has 0 amide bonds. The number of aromatic nitrogens is 2. The second-order valence-corrected chi connectivity index (χ2v) is 2.80. The molecule has 13 heavy (non-hydrogen) atoms. The van der Waals surface area contributed by atoms with E-state index >= 15 is 0 Å². The summed E-state index contributed by atoms with van der Waals surface area (Å²) in [4.78, 5) is 0. The van der Waals surface area contributed by atoms with Gasteiger partial charge in [-0.2, -0.15) is 0 Å². The van der Waals surface area contributed by atoms with Crippen LogP contribution in [-0.2, 0) is 0 Å². The largest absolute Gasteiger partial charge is 0.423 e. The normalized spacial score (nSPS) is 10.3. The van der Waals surface area contributed by atoms with E-state index in [9.17, 15) is 4.39 Å². The van der Waals surface area contributed by atoms with Crippen molar-refractivity contribution in [3.05, 3.63) is 35.4 Å². The maximum atomic E-state index is 13.1. The number of hydrogen-bond donors (Lipinski definition) is 0. The molecule has 0 radical (unpaired) electrons. The van der Waals surface area contributed by atoms with Crippen LogP contribution in [-0.4, -0.2) is 10.2 Å². The topological polar surface area (TPSA) is 38.9 Å². The van der Waals surface area contributed by atoms with E-state index < -0.39 is 5.82 Å². The Kier molecular flexibility index (Phi) is 1.98. The van der Waals surface area contributed by atoms with Crippen LogP contribution in [0.3, 0.4) is 0 Å². The molecule has 2 aromatic rings. The van der Waals surface area contributed by atoms with Crippen LogP contribution in [0.2, 0.25) is 5.02 Å². The minimum absolute atomic E-state index is 0.125. The molecule has 1 heterocycles. The highest BCUT2D eigenvalue weighted by Gasteiger charge is 2.09. The third-order valence-electron chi connectivity index (χ3n) is 1.52. The first-order valence-electron chi connectivity index (χ1n) is 3.49. The summed E-state index contributed by atoms with van der Waals surface area (Å²) in [6.45, 7) is 0. The Balaban J connectivity index is 2.57. The van der Waals surface area contributed by atoms with Crippen molar-refractivity contribution >= 4 is 11.6 Å². The Labute approximate surface area is 78.2 Å². The molecule has 5 heteroatoms. The van der Waals surface area contributed by atoms with Gasteiger partial charge in [0, 0.05) is 5.02 Å². The van der Waals surface area contributed by atoms with Crippen molar-refractivity contribution in [1.29, 1.82) is 0 Å². The molecule has 0 aliphatic carbocycles. The molecule has 0 saturated carbocycles. The molecule has 0 fully saturated rings. The quantitative estimate of drug-likeness (QED) is 0.707. The lowest BCUT2D eigenvalue weighted by molar-refractivity contribution is 0.558. The van der Waals surface area contributed by atoms with Gasteiger partial charge in [-0.3, -0.25) is 0 Å². The Morgan fingerprint density at radius 2 is 2.23 bits per heavy atom. The fraction of sp³-hybridized carbons (Fsp3) is 0. The molecule has 66 valence electrons. The fourth-order valence-corrected chi connectivity index (χ4v) is 1.12. The van der Waals surface area contributed by atoms with Gasteiger partial charge in [-0.05, 0) is 18.2 Å². The first-order chi connectivity index (χ1) is 6.27. The van der Waals surface area contributed by atoms with Gasteiger partial charge in [0.25, 0.3) is 0 Å². The van der Waals surface area contributed by atoms with Gasteiger partial charge in [0.2, 0.25) is 12.3 Å². The maximum Gasteiger partial charge on any atom is 0.250 e. The van der Waals surface area contributed by atoms with E-state index in [-0.39, 0.29) is 11.5 Å². The fourth-order valence-electron chi connectivity index (χ4n) is 0.952. The lowest BCUT2D eigenvalue weighted by atomic mass is 10.2. The van der Waals surface area contributed by atoms with Crippen molar-refractivity contribution in [1.82, 2.24) is 10.2 Å². The van der Waals surface area contributed by atoms with Gasteiger partial charge < -0.3 is 4.42 Å². The highest BCUT2D eigenvalue weighted by Crippen LogP contribution is 2.23. The summed E-state index contributed by atoms with van der Waals surface area (Å²) in [5.41, 5.74) is 0.213. The minimum atomic E-state index is -0.436. The first kappa shape index (κ1) is 8.19. The summed E-state index contributed by atoms with van der Waals surface area (Å²) in [6.07, 6.45) is 1.13. The molecule has 0 aliphatic rings. The average molecular weight is 199 g/mol. The number of benzene rings is 1. The predicted molar refractivity (Wildman–Crippen MR) is 44.7 cm³/mol. The van der Waals surface area contributed by atoms with Crippen LogP contribution in [0.4, 0.5) is 4.39 Å². The number of nitrogens with zero attached hydrogens (tertiary/aromatic N) is 2. The van der Waals surface area contributed by atoms with E-state index in [0.29, 0.717) is 5.02 Å². The lowest BCUT2D eigenvalue weighted by Gasteiger charge is -1.96. The van der Waals surface area contributed by atoms with E-state index in [1.165, 1.54) is 18.2 Å². The molecule has 0 aliphatic heterocycles. The number of halogens is 2. The molecule has 1 aromatic heterocycles. The van der Waals surface area contributed by atoms with E-state index in [2.05, 4.69) is 10.2 Å². The molecule has 1 aromatic carbocycles. The zero-order valence-corrected chi connectivity index (χ0v) is 7.12. The monoisotopic (exact) mass is 198 g/mol. The number of rotatable bonds is 1. The molecule has 0 unspecified atom stereocenters. The summed E-state index contributed by atoms with van der Waals surface area (Å²) in [5.74, 6) is -0.311. The summed E-state index contributed by atoms with van der Waals surface area (Å²) in [6, 6.07) is 4.14. The van der Waals surface area contributed by atoms with Crippen molar-refractivity contribution in [2.24, 2.45) is 0 Å².